The van der Waals surface area contributed by atoms with Crippen LogP contribution in [0.15, 0.2) is 0 Å². The van der Waals surface area contributed by atoms with Crippen LogP contribution in [0.5, 0.6) is 0 Å². The summed E-state index contributed by atoms with van der Waals surface area (Å²) in [6.45, 7) is 2.08. The molecular weight excluding hydrogens is 216 g/mol. The maximum absolute atomic E-state index is 5.72. The van der Waals surface area contributed by atoms with E-state index in [1.165, 1.54) is 57.9 Å². The monoisotopic (exact) mass is 240 g/mol. The molecule has 2 saturated carbocycles. The highest BCUT2D eigenvalue weighted by Gasteiger charge is 2.26. The Bertz CT molecular complexity index is 230. The van der Waals surface area contributed by atoms with Crippen LogP contribution in [0.3, 0.4) is 0 Å². The minimum Gasteiger partial charge on any atom is -0.392 e. The zero-order chi connectivity index (χ0) is 11.4. The Morgan fingerprint density at radius 3 is 2.19 bits per heavy atom. The fraction of sp³-hybridized carbons (Fsp3) is 0.923. The highest BCUT2D eigenvalue weighted by molar-refractivity contribution is 7.80. The molecule has 2 nitrogen and oxygen atoms in total. The lowest BCUT2D eigenvalue weighted by Gasteiger charge is -2.30. The van der Waals surface area contributed by atoms with Gasteiger partial charge in [0, 0.05) is 19.1 Å². The van der Waals surface area contributed by atoms with Crippen molar-refractivity contribution < 1.29 is 0 Å². The van der Waals surface area contributed by atoms with Crippen LogP contribution in [0, 0.1) is 5.92 Å². The van der Waals surface area contributed by atoms with Gasteiger partial charge in [0.05, 0.1) is 4.99 Å². The van der Waals surface area contributed by atoms with Gasteiger partial charge in [-0.15, -0.1) is 0 Å². The van der Waals surface area contributed by atoms with Crippen LogP contribution in [0.1, 0.15) is 51.4 Å². The van der Waals surface area contributed by atoms with Gasteiger partial charge in [0.15, 0.2) is 0 Å². The standard InChI is InChI=1S/C13H24N2S/c14-13(16)10-15(12-7-3-4-8-12)9-11-5-1-2-6-11/h11-12H,1-10H2,(H2,14,16). The van der Waals surface area contributed by atoms with Crippen molar-refractivity contribution in [2.75, 3.05) is 13.1 Å². The molecule has 0 spiro atoms. The number of hydrogen-bond donors (Lipinski definition) is 1. The van der Waals surface area contributed by atoms with Crippen molar-refractivity contribution in [1.82, 2.24) is 4.90 Å². The zero-order valence-electron chi connectivity index (χ0n) is 10.2. The van der Waals surface area contributed by atoms with Gasteiger partial charge in [0.2, 0.25) is 0 Å². The van der Waals surface area contributed by atoms with Crippen LogP contribution in [0.4, 0.5) is 0 Å². The van der Waals surface area contributed by atoms with E-state index in [0.717, 1.165) is 18.5 Å². The quantitative estimate of drug-likeness (QED) is 0.749. The highest BCUT2D eigenvalue weighted by atomic mass is 32.1. The van der Waals surface area contributed by atoms with Gasteiger partial charge in [-0.1, -0.05) is 37.9 Å². The number of nitrogens with zero attached hydrogens (tertiary/aromatic N) is 1. The van der Waals surface area contributed by atoms with Gasteiger partial charge in [0.1, 0.15) is 0 Å². The minimum atomic E-state index is 0.671. The molecule has 0 amide bonds. The Kier molecular flexibility index (Phi) is 4.59. The van der Waals surface area contributed by atoms with Crippen molar-refractivity contribution in [3.63, 3.8) is 0 Å². The summed E-state index contributed by atoms with van der Waals surface area (Å²) in [6.07, 6.45) is 11.2. The van der Waals surface area contributed by atoms with Crippen LogP contribution in [0.2, 0.25) is 0 Å². The predicted octanol–water partition coefficient (Wildman–Crippen LogP) is 2.71. The Labute approximate surface area is 105 Å². The smallest absolute Gasteiger partial charge is 0.0870 e. The molecule has 0 unspecified atom stereocenters. The van der Waals surface area contributed by atoms with E-state index in [1.54, 1.807) is 0 Å². The normalized spacial score (nSPS) is 23.3. The van der Waals surface area contributed by atoms with Gasteiger partial charge in [-0.3, -0.25) is 4.90 Å². The van der Waals surface area contributed by atoms with Gasteiger partial charge in [-0.05, 0) is 31.6 Å². The van der Waals surface area contributed by atoms with Crippen molar-refractivity contribution in [3.05, 3.63) is 0 Å². The van der Waals surface area contributed by atoms with Gasteiger partial charge < -0.3 is 5.73 Å². The second-order valence-electron chi connectivity index (χ2n) is 5.48. The average molecular weight is 240 g/mol. The third kappa shape index (κ3) is 3.42. The fourth-order valence-electron chi connectivity index (χ4n) is 3.34. The molecule has 0 atom stereocenters. The summed E-state index contributed by atoms with van der Waals surface area (Å²) in [6, 6.07) is 0.766. The van der Waals surface area contributed by atoms with E-state index in [-0.39, 0.29) is 0 Å². The first-order valence-corrected chi connectivity index (χ1v) is 7.19. The van der Waals surface area contributed by atoms with Crippen LogP contribution in [-0.4, -0.2) is 29.0 Å². The van der Waals surface area contributed by atoms with Gasteiger partial charge in [-0.25, -0.2) is 0 Å². The molecule has 0 aromatic heterocycles. The van der Waals surface area contributed by atoms with Gasteiger partial charge in [0.25, 0.3) is 0 Å². The molecule has 0 aromatic carbocycles. The summed E-state index contributed by atoms with van der Waals surface area (Å²) >= 11 is 5.08. The summed E-state index contributed by atoms with van der Waals surface area (Å²) in [4.78, 5) is 3.25. The average Bonchev–Trinajstić information content (AvgIpc) is 2.88. The Balaban J connectivity index is 1.87. The van der Waals surface area contributed by atoms with Crippen molar-refractivity contribution in [2.24, 2.45) is 11.7 Å². The number of hydrogen-bond acceptors (Lipinski definition) is 2. The topological polar surface area (TPSA) is 29.3 Å². The van der Waals surface area contributed by atoms with Crippen molar-refractivity contribution in [1.29, 1.82) is 0 Å². The van der Waals surface area contributed by atoms with E-state index in [1.807, 2.05) is 0 Å². The Hall–Kier alpha value is -0.150. The Morgan fingerprint density at radius 1 is 1.06 bits per heavy atom. The second-order valence-corrected chi connectivity index (χ2v) is 6.01. The summed E-state index contributed by atoms with van der Waals surface area (Å²) in [5.74, 6) is 0.912. The van der Waals surface area contributed by atoms with Crippen molar-refractivity contribution in [2.45, 2.75) is 57.4 Å². The first kappa shape index (κ1) is 12.3. The molecule has 3 heteroatoms. The summed E-state index contributed by atoms with van der Waals surface area (Å²) in [5, 5.41) is 0. The lowest BCUT2D eigenvalue weighted by Crippen LogP contribution is -2.41. The molecule has 2 rings (SSSR count). The molecule has 16 heavy (non-hydrogen) atoms. The van der Waals surface area contributed by atoms with Crippen molar-refractivity contribution in [3.8, 4) is 0 Å². The minimum absolute atomic E-state index is 0.671. The third-order valence-corrected chi connectivity index (χ3v) is 4.30. The van der Waals surface area contributed by atoms with Gasteiger partial charge in [-0.2, -0.15) is 0 Å². The van der Waals surface area contributed by atoms with E-state index in [4.69, 9.17) is 18.0 Å². The number of nitrogens with two attached hydrogens (primary N) is 1. The second kappa shape index (κ2) is 5.97. The molecule has 2 fully saturated rings. The highest BCUT2D eigenvalue weighted by Crippen LogP contribution is 2.29. The maximum Gasteiger partial charge on any atom is 0.0870 e. The van der Waals surface area contributed by atoms with E-state index in [2.05, 4.69) is 4.90 Å². The van der Waals surface area contributed by atoms with Gasteiger partial charge >= 0.3 is 0 Å². The lowest BCUT2D eigenvalue weighted by atomic mass is 10.1. The molecule has 0 radical (unpaired) electrons. The molecule has 0 saturated heterocycles. The summed E-state index contributed by atoms with van der Waals surface area (Å²) < 4.78 is 0. The van der Waals surface area contributed by atoms with E-state index in [0.29, 0.717) is 4.99 Å². The van der Waals surface area contributed by atoms with Crippen LogP contribution in [0.25, 0.3) is 0 Å². The SMILES string of the molecule is NC(=S)CN(CC1CCCC1)C1CCCC1. The van der Waals surface area contributed by atoms with E-state index in [9.17, 15) is 0 Å². The molecule has 92 valence electrons. The largest absolute Gasteiger partial charge is 0.392 e. The Morgan fingerprint density at radius 2 is 1.62 bits per heavy atom. The molecule has 2 aliphatic rings. The number of thiocarbonyl (C=S) groups is 1. The lowest BCUT2D eigenvalue weighted by molar-refractivity contribution is 0.193. The summed E-state index contributed by atoms with van der Waals surface area (Å²) in [7, 11) is 0. The zero-order valence-corrected chi connectivity index (χ0v) is 11.0. The number of rotatable bonds is 5. The predicted molar refractivity (Wildman–Crippen MR) is 72.6 cm³/mol. The molecule has 0 aliphatic heterocycles. The molecular formula is C13H24N2S. The van der Waals surface area contributed by atoms with Crippen LogP contribution >= 0.6 is 12.2 Å². The van der Waals surface area contributed by atoms with Crippen LogP contribution < -0.4 is 5.73 Å². The molecule has 2 aliphatic carbocycles. The molecule has 0 aromatic rings. The van der Waals surface area contributed by atoms with E-state index >= 15 is 0 Å². The maximum atomic E-state index is 5.72. The summed E-state index contributed by atoms with van der Waals surface area (Å²) in [5.41, 5.74) is 5.72. The molecule has 0 bridgehead atoms. The van der Waals surface area contributed by atoms with Crippen molar-refractivity contribution >= 4 is 17.2 Å². The molecule has 0 heterocycles. The molecule has 2 N–H and O–H groups in total. The van der Waals surface area contributed by atoms with E-state index < -0.39 is 0 Å². The fourth-order valence-corrected chi connectivity index (χ4v) is 3.50. The third-order valence-electron chi connectivity index (χ3n) is 4.17. The van der Waals surface area contributed by atoms with Crippen LogP contribution in [-0.2, 0) is 0 Å². The first-order chi connectivity index (χ1) is 7.75. The first-order valence-electron chi connectivity index (χ1n) is 6.78.